The summed E-state index contributed by atoms with van der Waals surface area (Å²) < 4.78 is 7.18. The molecule has 0 unspecified atom stereocenters. The van der Waals surface area contributed by atoms with Crippen LogP contribution in [0.3, 0.4) is 0 Å². The molecule has 2 rings (SSSR count). The van der Waals surface area contributed by atoms with E-state index >= 15 is 0 Å². The Balaban J connectivity index is 2.43. The molecular formula is C11H12N2O2. The average molecular weight is 204 g/mol. The second-order valence-electron chi connectivity index (χ2n) is 3.30. The molecule has 4 heteroatoms. The third-order valence-electron chi connectivity index (χ3n) is 2.28. The molecule has 0 amide bonds. The Bertz CT molecular complexity index is 482. The lowest BCUT2D eigenvalue weighted by Crippen LogP contribution is -1.93. The molecule has 0 spiro atoms. The Morgan fingerprint density at radius 1 is 1.53 bits per heavy atom. The Morgan fingerprint density at radius 2 is 2.33 bits per heavy atom. The predicted molar refractivity (Wildman–Crippen MR) is 55.7 cm³/mol. The van der Waals surface area contributed by atoms with Crippen molar-refractivity contribution in [1.29, 1.82) is 0 Å². The van der Waals surface area contributed by atoms with E-state index in [9.17, 15) is 4.79 Å². The third-order valence-corrected chi connectivity index (χ3v) is 2.28. The minimum absolute atomic E-state index is 0.341. The smallest absolute Gasteiger partial charge is 0.185 e. The van der Waals surface area contributed by atoms with Gasteiger partial charge in [-0.2, -0.15) is 5.10 Å². The summed E-state index contributed by atoms with van der Waals surface area (Å²) in [4.78, 5) is 10.5. The van der Waals surface area contributed by atoms with E-state index in [1.165, 1.54) is 0 Å². The fourth-order valence-electron chi connectivity index (χ4n) is 1.48. The fraction of sp³-hybridized carbons (Fsp3) is 0.273. The third kappa shape index (κ3) is 1.70. The van der Waals surface area contributed by atoms with Gasteiger partial charge in [-0.15, -0.1) is 0 Å². The number of carbonyl (C=O) groups excluding carboxylic acids is 1. The van der Waals surface area contributed by atoms with Gasteiger partial charge < -0.3 is 4.42 Å². The van der Waals surface area contributed by atoms with Crippen LogP contribution in [-0.4, -0.2) is 16.1 Å². The number of nitrogens with zero attached hydrogens (tertiary/aromatic N) is 2. The van der Waals surface area contributed by atoms with Crippen LogP contribution in [0.2, 0.25) is 0 Å². The van der Waals surface area contributed by atoms with Gasteiger partial charge in [0.2, 0.25) is 0 Å². The molecule has 0 atom stereocenters. The zero-order valence-electron chi connectivity index (χ0n) is 8.73. The minimum atomic E-state index is 0.341. The van der Waals surface area contributed by atoms with Gasteiger partial charge in [0, 0.05) is 12.7 Å². The molecule has 2 aromatic heterocycles. The number of carbonyl (C=O) groups is 1. The van der Waals surface area contributed by atoms with Crippen LogP contribution in [0.4, 0.5) is 0 Å². The van der Waals surface area contributed by atoms with Gasteiger partial charge in [-0.1, -0.05) is 0 Å². The van der Waals surface area contributed by atoms with E-state index in [4.69, 9.17) is 4.42 Å². The highest BCUT2D eigenvalue weighted by molar-refractivity contribution is 5.73. The molecule has 0 N–H and O–H groups in total. The second kappa shape index (κ2) is 3.73. The topological polar surface area (TPSA) is 48.0 Å². The lowest BCUT2D eigenvalue weighted by molar-refractivity contribution is 0.110. The Hall–Kier alpha value is -1.84. The zero-order chi connectivity index (χ0) is 10.8. The van der Waals surface area contributed by atoms with Crippen molar-refractivity contribution in [3.05, 3.63) is 29.8 Å². The van der Waals surface area contributed by atoms with Crippen molar-refractivity contribution in [2.75, 3.05) is 0 Å². The van der Waals surface area contributed by atoms with Gasteiger partial charge in [0.15, 0.2) is 12.0 Å². The predicted octanol–water partition coefficient (Wildman–Crippen LogP) is 2.28. The van der Waals surface area contributed by atoms with Crippen LogP contribution in [0.15, 0.2) is 22.7 Å². The molecule has 2 aromatic rings. The van der Waals surface area contributed by atoms with E-state index in [2.05, 4.69) is 5.10 Å². The first-order valence-electron chi connectivity index (χ1n) is 4.84. The molecular weight excluding hydrogens is 192 g/mol. The summed E-state index contributed by atoms with van der Waals surface area (Å²) in [5.41, 5.74) is 1.84. The van der Waals surface area contributed by atoms with Gasteiger partial charge in [-0.3, -0.25) is 9.48 Å². The van der Waals surface area contributed by atoms with Gasteiger partial charge in [0.1, 0.15) is 5.76 Å². The highest BCUT2D eigenvalue weighted by Crippen LogP contribution is 2.24. The largest absolute Gasteiger partial charge is 0.453 e. The van der Waals surface area contributed by atoms with Crippen LogP contribution in [0.5, 0.6) is 0 Å². The number of rotatable bonds is 3. The van der Waals surface area contributed by atoms with Crippen LogP contribution < -0.4 is 0 Å². The van der Waals surface area contributed by atoms with E-state index in [-0.39, 0.29) is 0 Å². The SMILES string of the molecule is CCn1cc(-c2ccc(C=O)o2)c(C)n1. The number of aryl methyl sites for hydroxylation is 2. The summed E-state index contributed by atoms with van der Waals surface area (Å²) in [6, 6.07) is 3.44. The minimum Gasteiger partial charge on any atom is -0.453 e. The van der Waals surface area contributed by atoms with Crippen LogP contribution in [0, 0.1) is 6.92 Å². The monoisotopic (exact) mass is 204 g/mol. The van der Waals surface area contributed by atoms with Crippen LogP contribution >= 0.6 is 0 Å². The van der Waals surface area contributed by atoms with E-state index in [1.807, 2.05) is 24.7 Å². The molecule has 0 aliphatic heterocycles. The van der Waals surface area contributed by atoms with Crippen molar-refractivity contribution in [2.45, 2.75) is 20.4 Å². The highest BCUT2D eigenvalue weighted by atomic mass is 16.3. The van der Waals surface area contributed by atoms with Crippen LogP contribution in [0.1, 0.15) is 23.2 Å². The maximum atomic E-state index is 10.5. The lowest BCUT2D eigenvalue weighted by atomic mass is 10.2. The Morgan fingerprint density at radius 3 is 2.87 bits per heavy atom. The number of aldehydes is 1. The summed E-state index contributed by atoms with van der Waals surface area (Å²) in [7, 11) is 0. The quantitative estimate of drug-likeness (QED) is 0.720. The molecule has 0 bridgehead atoms. The number of hydrogen-bond acceptors (Lipinski definition) is 3. The van der Waals surface area contributed by atoms with Gasteiger partial charge in [0.25, 0.3) is 0 Å². The zero-order valence-corrected chi connectivity index (χ0v) is 8.73. The van der Waals surface area contributed by atoms with Gasteiger partial charge in [-0.05, 0) is 26.0 Å². The molecule has 4 nitrogen and oxygen atoms in total. The lowest BCUT2D eigenvalue weighted by Gasteiger charge is -1.91. The molecule has 0 aliphatic carbocycles. The normalized spacial score (nSPS) is 10.5. The van der Waals surface area contributed by atoms with Gasteiger partial charge >= 0.3 is 0 Å². The summed E-state index contributed by atoms with van der Waals surface area (Å²) >= 11 is 0. The summed E-state index contributed by atoms with van der Waals surface area (Å²) in [5.74, 6) is 1.03. The van der Waals surface area contributed by atoms with E-state index in [0.717, 1.165) is 17.8 Å². The molecule has 2 heterocycles. The first kappa shape index (κ1) is 9.71. The second-order valence-corrected chi connectivity index (χ2v) is 3.30. The van der Waals surface area contributed by atoms with E-state index in [0.29, 0.717) is 17.8 Å². The van der Waals surface area contributed by atoms with Crippen molar-refractivity contribution < 1.29 is 9.21 Å². The first-order valence-corrected chi connectivity index (χ1v) is 4.84. The van der Waals surface area contributed by atoms with Crippen LogP contribution in [-0.2, 0) is 6.54 Å². The summed E-state index contributed by atoms with van der Waals surface area (Å²) in [6.45, 7) is 4.77. The van der Waals surface area contributed by atoms with Crippen molar-refractivity contribution in [3.8, 4) is 11.3 Å². The molecule has 0 saturated heterocycles. The van der Waals surface area contributed by atoms with Gasteiger partial charge in [-0.25, -0.2) is 0 Å². The maximum Gasteiger partial charge on any atom is 0.185 e. The first-order chi connectivity index (χ1) is 7.24. The van der Waals surface area contributed by atoms with Crippen LogP contribution in [0.25, 0.3) is 11.3 Å². The number of aromatic nitrogens is 2. The number of hydrogen-bond donors (Lipinski definition) is 0. The number of furan rings is 1. The molecule has 15 heavy (non-hydrogen) atoms. The average Bonchev–Trinajstić information content (AvgIpc) is 2.83. The molecule has 78 valence electrons. The maximum absolute atomic E-state index is 10.5. The van der Waals surface area contributed by atoms with Crippen molar-refractivity contribution in [1.82, 2.24) is 9.78 Å². The van der Waals surface area contributed by atoms with E-state index in [1.54, 1.807) is 12.1 Å². The molecule has 0 aliphatic rings. The van der Waals surface area contributed by atoms with E-state index < -0.39 is 0 Å². The molecule has 0 fully saturated rings. The van der Waals surface area contributed by atoms with Crippen molar-refractivity contribution >= 4 is 6.29 Å². The van der Waals surface area contributed by atoms with Crippen molar-refractivity contribution in [2.24, 2.45) is 0 Å². The standard InChI is InChI=1S/C11H12N2O2/c1-3-13-6-10(8(2)12-13)11-5-4-9(7-14)15-11/h4-7H,3H2,1-2H3. The Kier molecular flexibility index (Phi) is 2.41. The Labute approximate surface area is 87.5 Å². The molecule has 0 radical (unpaired) electrons. The highest BCUT2D eigenvalue weighted by Gasteiger charge is 2.10. The van der Waals surface area contributed by atoms with Gasteiger partial charge in [0.05, 0.1) is 11.3 Å². The van der Waals surface area contributed by atoms with Crippen molar-refractivity contribution in [3.63, 3.8) is 0 Å². The molecule has 0 saturated carbocycles. The summed E-state index contributed by atoms with van der Waals surface area (Å²) in [6.07, 6.45) is 2.62. The molecule has 0 aromatic carbocycles. The fourth-order valence-corrected chi connectivity index (χ4v) is 1.48. The summed E-state index contributed by atoms with van der Waals surface area (Å²) in [5, 5.41) is 4.31.